The smallest absolute Gasteiger partial charge is 0.246 e. The Hall–Kier alpha value is -1.40. The van der Waals surface area contributed by atoms with Gasteiger partial charge < -0.3 is 9.72 Å². The molecular formula is C13H16ClN5O. The normalized spacial score (nSPS) is 21.4. The fourth-order valence-electron chi connectivity index (χ4n) is 3.55. The molecule has 2 aliphatic heterocycles. The third-order valence-corrected chi connectivity index (χ3v) is 4.68. The van der Waals surface area contributed by atoms with Crippen molar-refractivity contribution >= 4 is 22.8 Å². The van der Waals surface area contributed by atoms with Gasteiger partial charge in [0.05, 0.1) is 11.9 Å². The van der Waals surface area contributed by atoms with E-state index in [2.05, 4.69) is 24.8 Å². The van der Waals surface area contributed by atoms with Crippen LogP contribution in [0, 0.1) is 0 Å². The minimum absolute atomic E-state index is 0.184. The standard InChI is InChI=1S/C13H16ClN5O/c14-12-17-10-9(15-8-16-10)11(18-12)20-7-13-3-1-5-19(13)6-2-4-13/h8H,1-7H2,(H,15,16,17,18). The Bertz CT molecular complexity index is 633. The van der Waals surface area contributed by atoms with Crippen LogP contribution in [-0.4, -0.2) is 50.1 Å². The van der Waals surface area contributed by atoms with E-state index in [0.29, 0.717) is 23.7 Å². The van der Waals surface area contributed by atoms with E-state index < -0.39 is 0 Å². The molecule has 2 fully saturated rings. The Kier molecular flexibility index (Phi) is 2.82. The van der Waals surface area contributed by atoms with Crippen molar-refractivity contribution in [1.29, 1.82) is 0 Å². The molecule has 1 N–H and O–H groups in total. The largest absolute Gasteiger partial charge is 0.474 e. The van der Waals surface area contributed by atoms with Crippen LogP contribution in [0.25, 0.3) is 11.2 Å². The third kappa shape index (κ3) is 1.86. The van der Waals surface area contributed by atoms with Crippen LogP contribution in [0.15, 0.2) is 6.33 Å². The molecule has 0 amide bonds. The molecule has 7 heteroatoms. The van der Waals surface area contributed by atoms with Crippen LogP contribution in [0.3, 0.4) is 0 Å². The van der Waals surface area contributed by atoms with E-state index in [9.17, 15) is 0 Å². The first-order valence-corrected chi connectivity index (χ1v) is 7.39. The summed E-state index contributed by atoms with van der Waals surface area (Å²) in [5.41, 5.74) is 1.46. The van der Waals surface area contributed by atoms with E-state index in [4.69, 9.17) is 16.3 Å². The average molecular weight is 294 g/mol. The van der Waals surface area contributed by atoms with Crippen molar-refractivity contribution in [2.75, 3.05) is 19.7 Å². The van der Waals surface area contributed by atoms with Gasteiger partial charge in [-0.3, -0.25) is 4.90 Å². The van der Waals surface area contributed by atoms with Gasteiger partial charge in [-0.15, -0.1) is 0 Å². The van der Waals surface area contributed by atoms with Crippen LogP contribution in [-0.2, 0) is 0 Å². The summed E-state index contributed by atoms with van der Waals surface area (Å²) in [5, 5.41) is 0.184. The molecule has 20 heavy (non-hydrogen) atoms. The average Bonchev–Trinajstić information content (AvgIpc) is 3.09. The first kappa shape index (κ1) is 12.3. The van der Waals surface area contributed by atoms with Gasteiger partial charge in [-0.1, -0.05) is 0 Å². The molecule has 4 rings (SSSR count). The lowest BCUT2D eigenvalue weighted by molar-refractivity contribution is 0.111. The minimum atomic E-state index is 0.184. The van der Waals surface area contributed by atoms with Gasteiger partial charge >= 0.3 is 0 Å². The molecule has 2 aliphatic rings. The molecule has 0 spiro atoms. The summed E-state index contributed by atoms with van der Waals surface area (Å²) in [5.74, 6) is 0.481. The molecule has 0 radical (unpaired) electrons. The fraction of sp³-hybridized carbons (Fsp3) is 0.615. The zero-order valence-electron chi connectivity index (χ0n) is 11.1. The van der Waals surface area contributed by atoms with Crippen molar-refractivity contribution in [3.05, 3.63) is 11.6 Å². The number of fused-ring (bicyclic) bond motifs is 2. The maximum atomic E-state index is 5.99. The van der Waals surface area contributed by atoms with Crippen molar-refractivity contribution in [2.24, 2.45) is 0 Å². The molecule has 2 aromatic rings. The number of hydrogen-bond donors (Lipinski definition) is 1. The number of aromatic nitrogens is 4. The van der Waals surface area contributed by atoms with E-state index in [1.165, 1.54) is 38.8 Å². The maximum Gasteiger partial charge on any atom is 0.246 e. The highest BCUT2D eigenvalue weighted by atomic mass is 35.5. The number of H-pyrrole nitrogens is 1. The SMILES string of the molecule is Clc1nc(OCC23CCCN2CCC3)c2nc[nH]c2n1. The summed E-state index contributed by atoms with van der Waals surface area (Å²) < 4.78 is 5.99. The van der Waals surface area contributed by atoms with E-state index in [0.717, 1.165) is 0 Å². The molecule has 2 saturated heterocycles. The number of halogens is 1. The van der Waals surface area contributed by atoms with E-state index in [-0.39, 0.29) is 10.8 Å². The van der Waals surface area contributed by atoms with Crippen LogP contribution >= 0.6 is 11.6 Å². The summed E-state index contributed by atoms with van der Waals surface area (Å²) in [6, 6.07) is 0. The second-order valence-corrected chi connectivity index (χ2v) is 5.94. The summed E-state index contributed by atoms with van der Waals surface area (Å²) >= 11 is 5.93. The van der Waals surface area contributed by atoms with Gasteiger partial charge in [-0.2, -0.15) is 9.97 Å². The van der Waals surface area contributed by atoms with Gasteiger partial charge in [0.2, 0.25) is 11.2 Å². The van der Waals surface area contributed by atoms with Gasteiger partial charge in [-0.05, 0) is 50.4 Å². The summed E-state index contributed by atoms with van der Waals surface area (Å²) in [4.78, 5) is 18.0. The van der Waals surface area contributed by atoms with Crippen molar-refractivity contribution in [1.82, 2.24) is 24.8 Å². The predicted octanol–water partition coefficient (Wildman–Crippen LogP) is 2.01. The predicted molar refractivity (Wildman–Crippen MR) is 75.0 cm³/mol. The quantitative estimate of drug-likeness (QED) is 0.877. The Labute approximate surface area is 121 Å². The lowest BCUT2D eigenvalue weighted by Crippen LogP contribution is -2.43. The topological polar surface area (TPSA) is 66.9 Å². The monoisotopic (exact) mass is 293 g/mol. The number of imidazole rings is 1. The zero-order valence-corrected chi connectivity index (χ0v) is 11.9. The number of aromatic amines is 1. The number of nitrogens with zero attached hydrogens (tertiary/aromatic N) is 4. The number of nitrogens with one attached hydrogen (secondary N) is 1. The summed E-state index contributed by atoms with van der Waals surface area (Å²) in [6.07, 6.45) is 6.50. The highest BCUT2D eigenvalue weighted by molar-refractivity contribution is 6.28. The van der Waals surface area contributed by atoms with Crippen molar-refractivity contribution < 1.29 is 4.74 Å². The molecule has 6 nitrogen and oxygen atoms in total. The molecule has 106 valence electrons. The highest BCUT2D eigenvalue weighted by Gasteiger charge is 2.45. The summed E-state index contributed by atoms with van der Waals surface area (Å²) in [6.45, 7) is 3.03. The van der Waals surface area contributed by atoms with E-state index in [1.54, 1.807) is 6.33 Å². The second-order valence-electron chi connectivity index (χ2n) is 5.60. The van der Waals surface area contributed by atoms with Gasteiger partial charge in [-0.25, -0.2) is 4.98 Å². The van der Waals surface area contributed by atoms with Crippen molar-refractivity contribution in [2.45, 2.75) is 31.2 Å². The Morgan fingerprint density at radius 3 is 2.90 bits per heavy atom. The number of hydrogen-bond acceptors (Lipinski definition) is 5. The molecule has 0 unspecified atom stereocenters. The maximum absolute atomic E-state index is 5.99. The van der Waals surface area contributed by atoms with Crippen molar-refractivity contribution in [3.8, 4) is 5.88 Å². The molecule has 0 aromatic carbocycles. The lowest BCUT2D eigenvalue weighted by Gasteiger charge is -2.31. The third-order valence-electron chi connectivity index (χ3n) is 4.51. The molecule has 0 saturated carbocycles. The van der Waals surface area contributed by atoms with Crippen LogP contribution in [0.5, 0.6) is 5.88 Å². The summed E-state index contributed by atoms with van der Waals surface area (Å²) in [7, 11) is 0. The number of ether oxygens (including phenoxy) is 1. The van der Waals surface area contributed by atoms with Crippen LogP contribution in [0.1, 0.15) is 25.7 Å². The highest BCUT2D eigenvalue weighted by Crippen LogP contribution is 2.39. The first-order chi connectivity index (χ1) is 9.77. The van der Waals surface area contributed by atoms with Gasteiger partial charge in [0, 0.05) is 0 Å². The minimum Gasteiger partial charge on any atom is -0.474 e. The molecule has 0 aliphatic carbocycles. The number of rotatable bonds is 3. The van der Waals surface area contributed by atoms with E-state index in [1.807, 2.05) is 0 Å². The lowest BCUT2D eigenvalue weighted by atomic mass is 9.95. The first-order valence-electron chi connectivity index (χ1n) is 7.01. The Balaban J connectivity index is 1.60. The van der Waals surface area contributed by atoms with Crippen LogP contribution in [0.2, 0.25) is 5.28 Å². The van der Waals surface area contributed by atoms with Crippen LogP contribution < -0.4 is 4.74 Å². The molecular weight excluding hydrogens is 278 g/mol. The zero-order chi connectivity index (χ0) is 13.6. The molecule has 2 aromatic heterocycles. The molecule has 4 heterocycles. The van der Waals surface area contributed by atoms with Gasteiger partial charge in [0.1, 0.15) is 6.61 Å². The van der Waals surface area contributed by atoms with Gasteiger partial charge in [0.15, 0.2) is 11.2 Å². The van der Waals surface area contributed by atoms with Gasteiger partial charge in [0.25, 0.3) is 0 Å². The van der Waals surface area contributed by atoms with E-state index >= 15 is 0 Å². The molecule has 0 bridgehead atoms. The molecule has 0 atom stereocenters. The fourth-order valence-corrected chi connectivity index (χ4v) is 3.71. The van der Waals surface area contributed by atoms with Crippen LogP contribution in [0.4, 0.5) is 0 Å². The Morgan fingerprint density at radius 1 is 1.30 bits per heavy atom. The van der Waals surface area contributed by atoms with Crippen molar-refractivity contribution in [3.63, 3.8) is 0 Å². The second kappa shape index (κ2) is 4.56. The Morgan fingerprint density at radius 2 is 2.10 bits per heavy atom.